The molecule has 3 rings (SSSR count). The first-order valence-electron chi connectivity index (χ1n) is 9.37. The number of carbonyl (C=O) groups is 1. The average molecular weight is 434 g/mol. The second-order valence-corrected chi connectivity index (χ2v) is 8.27. The van der Waals surface area contributed by atoms with E-state index in [0.717, 1.165) is 28.4 Å². The van der Waals surface area contributed by atoms with E-state index in [2.05, 4.69) is 22.9 Å². The zero-order valence-electron chi connectivity index (χ0n) is 15.5. The van der Waals surface area contributed by atoms with Crippen LogP contribution in [0.5, 0.6) is 0 Å². The Hall–Kier alpha value is -1.72. The van der Waals surface area contributed by atoms with Crippen molar-refractivity contribution in [3.63, 3.8) is 0 Å². The molecule has 0 aliphatic carbocycles. The van der Waals surface area contributed by atoms with Crippen molar-refractivity contribution < 1.29 is 14.3 Å². The normalized spacial score (nSPS) is 21.3. The van der Waals surface area contributed by atoms with E-state index in [1.807, 2.05) is 29.2 Å². The summed E-state index contributed by atoms with van der Waals surface area (Å²) in [5, 5.41) is 9.32. The smallest absolute Gasteiger partial charge is 0.223 e. The number of aliphatic hydroxyl groups is 1. The van der Waals surface area contributed by atoms with Gasteiger partial charge in [0.1, 0.15) is 5.82 Å². The molecule has 0 unspecified atom stereocenters. The predicted molar refractivity (Wildman–Crippen MR) is 108 cm³/mol. The molecule has 0 bridgehead atoms. The van der Waals surface area contributed by atoms with Crippen LogP contribution in [-0.2, 0) is 10.2 Å². The van der Waals surface area contributed by atoms with E-state index < -0.39 is 0 Å². The minimum absolute atomic E-state index is 0.00894. The molecule has 2 aromatic carbocycles. The molecule has 1 N–H and O–H groups in total. The topological polar surface area (TPSA) is 40.5 Å². The van der Waals surface area contributed by atoms with Gasteiger partial charge < -0.3 is 10.0 Å². The number of benzene rings is 2. The molecule has 3 nitrogen and oxygen atoms in total. The van der Waals surface area contributed by atoms with Crippen LogP contribution < -0.4 is 0 Å². The quantitative estimate of drug-likeness (QED) is 0.697. The van der Waals surface area contributed by atoms with Crippen molar-refractivity contribution >= 4 is 21.8 Å². The molecule has 5 heteroatoms. The SMILES string of the molecule is C[C@@H](c1ccc(Br)cc1)N1CC[C@](CCCO)(c2ccc(F)cc2)CC1=O. The fraction of sp³-hybridized carbons (Fsp3) is 0.409. The van der Waals surface area contributed by atoms with E-state index in [-0.39, 0.29) is 29.8 Å². The van der Waals surface area contributed by atoms with E-state index in [4.69, 9.17) is 0 Å². The van der Waals surface area contributed by atoms with Gasteiger partial charge in [0.25, 0.3) is 0 Å². The first-order chi connectivity index (χ1) is 12.9. The van der Waals surface area contributed by atoms with Crippen LogP contribution >= 0.6 is 15.9 Å². The Kier molecular flexibility index (Phi) is 6.33. The summed E-state index contributed by atoms with van der Waals surface area (Å²) < 4.78 is 14.4. The summed E-state index contributed by atoms with van der Waals surface area (Å²) in [7, 11) is 0. The van der Waals surface area contributed by atoms with Gasteiger partial charge in [-0.25, -0.2) is 4.39 Å². The molecule has 1 aliphatic heterocycles. The van der Waals surface area contributed by atoms with E-state index >= 15 is 0 Å². The third-order valence-corrected chi connectivity index (χ3v) is 6.26. The highest BCUT2D eigenvalue weighted by molar-refractivity contribution is 9.10. The Balaban J connectivity index is 1.81. The number of rotatable bonds is 6. The molecule has 0 aromatic heterocycles. The summed E-state index contributed by atoms with van der Waals surface area (Å²) in [6.45, 7) is 2.80. The maximum Gasteiger partial charge on any atom is 0.223 e. The van der Waals surface area contributed by atoms with Gasteiger partial charge in [-0.2, -0.15) is 0 Å². The number of amides is 1. The van der Waals surface area contributed by atoms with Crippen molar-refractivity contribution in [3.05, 3.63) is 69.9 Å². The number of likely N-dealkylation sites (tertiary alicyclic amines) is 1. The fourth-order valence-electron chi connectivity index (χ4n) is 4.09. The Morgan fingerprint density at radius 1 is 1.19 bits per heavy atom. The molecule has 0 spiro atoms. The summed E-state index contributed by atoms with van der Waals surface area (Å²) in [4.78, 5) is 15.0. The molecular formula is C22H25BrFNO2. The molecule has 1 heterocycles. The highest BCUT2D eigenvalue weighted by Crippen LogP contribution is 2.42. The summed E-state index contributed by atoms with van der Waals surface area (Å²) in [6, 6.07) is 14.5. The monoisotopic (exact) mass is 433 g/mol. The Bertz CT molecular complexity index is 778. The van der Waals surface area contributed by atoms with Gasteiger partial charge >= 0.3 is 0 Å². The number of hydrogen-bond donors (Lipinski definition) is 1. The van der Waals surface area contributed by atoms with Crippen molar-refractivity contribution in [2.24, 2.45) is 0 Å². The lowest BCUT2D eigenvalue weighted by molar-refractivity contribution is -0.138. The standard InChI is InChI=1S/C22H25BrFNO2/c1-16(17-3-7-19(23)8-4-17)25-13-12-22(11-2-14-26,15-21(25)27)18-5-9-20(24)10-6-18/h3-10,16,26H,2,11-15H2,1H3/t16-,22-/m0/s1. The zero-order valence-corrected chi connectivity index (χ0v) is 17.1. The number of nitrogens with zero attached hydrogens (tertiary/aromatic N) is 1. The zero-order chi connectivity index (χ0) is 19.4. The molecule has 1 amide bonds. The molecular weight excluding hydrogens is 409 g/mol. The van der Waals surface area contributed by atoms with Gasteiger partial charge in [0.05, 0.1) is 6.04 Å². The molecule has 27 heavy (non-hydrogen) atoms. The number of carbonyl (C=O) groups excluding carboxylic acids is 1. The van der Waals surface area contributed by atoms with Gasteiger partial charge in [0.2, 0.25) is 5.91 Å². The molecule has 0 saturated carbocycles. The van der Waals surface area contributed by atoms with E-state index in [9.17, 15) is 14.3 Å². The van der Waals surface area contributed by atoms with Crippen LogP contribution in [0.1, 0.15) is 49.8 Å². The maximum absolute atomic E-state index is 13.4. The van der Waals surface area contributed by atoms with Gasteiger partial charge in [-0.05, 0) is 61.6 Å². The lowest BCUT2D eigenvalue weighted by Crippen LogP contribution is -2.47. The van der Waals surface area contributed by atoms with E-state index in [0.29, 0.717) is 19.4 Å². The number of halogens is 2. The molecule has 2 aromatic rings. The first-order valence-corrected chi connectivity index (χ1v) is 10.2. The van der Waals surface area contributed by atoms with Crippen molar-refractivity contribution in [1.29, 1.82) is 0 Å². The Morgan fingerprint density at radius 3 is 2.44 bits per heavy atom. The largest absolute Gasteiger partial charge is 0.396 e. The van der Waals surface area contributed by atoms with Gasteiger partial charge in [0, 0.05) is 29.5 Å². The van der Waals surface area contributed by atoms with Gasteiger partial charge in [-0.1, -0.05) is 40.2 Å². The minimum Gasteiger partial charge on any atom is -0.396 e. The summed E-state index contributed by atoms with van der Waals surface area (Å²) in [5.74, 6) is -0.164. The molecule has 144 valence electrons. The molecule has 1 aliphatic rings. The number of aliphatic hydroxyl groups excluding tert-OH is 1. The van der Waals surface area contributed by atoms with Gasteiger partial charge in [-0.15, -0.1) is 0 Å². The third-order valence-electron chi connectivity index (χ3n) is 5.73. The summed E-state index contributed by atoms with van der Waals surface area (Å²) in [5.41, 5.74) is 1.77. The van der Waals surface area contributed by atoms with Crippen molar-refractivity contribution in [3.8, 4) is 0 Å². The van der Waals surface area contributed by atoms with E-state index in [1.54, 1.807) is 12.1 Å². The van der Waals surface area contributed by atoms with Gasteiger partial charge in [-0.3, -0.25) is 4.79 Å². The van der Waals surface area contributed by atoms with Crippen LogP contribution in [0.15, 0.2) is 53.0 Å². The third kappa shape index (κ3) is 4.41. The molecule has 1 fully saturated rings. The molecule has 1 saturated heterocycles. The van der Waals surface area contributed by atoms with Crippen molar-refractivity contribution in [2.45, 2.75) is 44.1 Å². The van der Waals surface area contributed by atoms with Crippen LogP contribution in [-0.4, -0.2) is 29.1 Å². The Labute approximate surface area is 168 Å². The molecule has 2 atom stereocenters. The summed E-state index contributed by atoms with van der Waals surface area (Å²) >= 11 is 3.44. The first kappa shape index (κ1) is 20.0. The van der Waals surface area contributed by atoms with Crippen molar-refractivity contribution in [1.82, 2.24) is 4.90 Å². The van der Waals surface area contributed by atoms with Crippen LogP contribution in [0.4, 0.5) is 4.39 Å². The van der Waals surface area contributed by atoms with Crippen LogP contribution in [0.3, 0.4) is 0 Å². The minimum atomic E-state index is -0.330. The second kappa shape index (κ2) is 8.53. The average Bonchev–Trinajstić information content (AvgIpc) is 2.67. The highest BCUT2D eigenvalue weighted by atomic mass is 79.9. The van der Waals surface area contributed by atoms with Gasteiger partial charge in [0.15, 0.2) is 0 Å². The van der Waals surface area contributed by atoms with E-state index in [1.165, 1.54) is 12.1 Å². The molecule has 0 radical (unpaired) electrons. The van der Waals surface area contributed by atoms with Crippen molar-refractivity contribution in [2.75, 3.05) is 13.2 Å². The second-order valence-electron chi connectivity index (χ2n) is 7.36. The predicted octanol–water partition coefficient (Wildman–Crippen LogP) is 4.98. The number of hydrogen-bond acceptors (Lipinski definition) is 2. The highest BCUT2D eigenvalue weighted by Gasteiger charge is 2.41. The van der Waals surface area contributed by atoms with Crippen LogP contribution in [0, 0.1) is 5.82 Å². The van der Waals surface area contributed by atoms with Crippen LogP contribution in [0.2, 0.25) is 0 Å². The lowest BCUT2D eigenvalue weighted by Gasteiger charge is -2.44. The van der Waals surface area contributed by atoms with Crippen LogP contribution in [0.25, 0.3) is 0 Å². The number of piperidine rings is 1. The fourth-order valence-corrected chi connectivity index (χ4v) is 4.36. The maximum atomic E-state index is 13.4. The summed E-state index contributed by atoms with van der Waals surface area (Å²) in [6.07, 6.45) is 2.55. The lowest BCUT2D eigenvalue weighted by atomic mass is 9.69. The Morgan fingerprint density at radius 2 is 1.85 bits per heavy atom.